The monoisotopic (exact) mass is 169 g/mol. The Hall–Kier alpha value is -1.36. The molecule has 2 N–H and O–H groups in total. The molecule has 0 atom stereocenters. The van der Waals surface area contributed by atoms with Crippen LogP contribution < -0.4 is 5.73 Å². The van der Waals surface area contributed by atoms with Gasteiger partial charge in [-0.25, -0.2) is 4.98 Å². The van der Waals surface area contributed by atoms with Crippen molar-refractivity contribution in [2.24, 2.45) is 0 Å². The molecule has 0 aliphatic heterocycles. The Morgan fingerprint density at radius 1 is 1.45 bits per heavy atom. The van der Waals surface area contributed by atoms with Gasteiger partial charge in [0.25, 0.3) is 0 Å². The third-order valence-corrected chi connectivity index (χ3v) is 1.50. The second-order valence-electron chi connectivity index (χ2n) is 2.00. The maximum atomic E-state index is 5.59. The van der Waals surface area contributed by atoms with Gasteiger partial charge in [0, 0.05) is 6.07 Å². The van der Waals surface area contributed by atoms with Crippen LogP contribution in [0, 0.1) is 0 Å². The Morgan fingerprint density at radius 2 is 2.27 bits per heavy atom. The number of nitrogens with zero attached hydrogens (tertiary/aromatic N) is 4. The van der Waals surface area contributed by atoms with E-state index in [0.29, 0.717) is 16.7 Å². The largest absolute Gasteiger partial charge is 0.368 e. The van der Waals surface area contributed by atoms with E-state index < -0.39 is 0 Å². The molecule has 0 bridgehead atoms. The smallest absolute Gasteiger partial charge is 0.227 e. The molecule has 11 heavy (non-hydrogen) atoms. The minimum atomic E-state index is 0.309. The molecule has 0 amide bonds. The molecule has 0 fully saturated rings. The first-order valence-electron chi connectivity index (χ1n) is 2.89. The van der Waals surface area contributed by atoms with Crippen molar-refractivity contribution in [3.05, 3.63) is 17.5 Å². The number of rotatable bonds is 0. The van der Waals surface area contributed by atoms with Crippen molar-refractivity contribution in [2.75, 3.05) is 5.73 Å². The Morgan fingerprint density at radius 3 is 3.09 bits per heavy atom. The lowest BCUT2D eigenvalue weighted by Gasteiger charge is -1.91. The van der Waals surface area contributed by atoms with Gasteiger partial charge in [0.15, 0.2) is 5.65 Å². The molecule has 0 saturated heterocycles. The van der Waals surface area contributed by atoms with Crippen molar-refractivity contribution in [3.63, 3.8) is 0 Å². The molecule has 0 aliphatic carbocycles. The number of hydrogen-bond donors (Lipinski definition) is 1. The molecule has 0 radical (unpaired) electrons. The topological polar surface area (TPSA) is 69.1 Å². The molecule has 6 heteroatoms. The summed E-state index contributed by atoms with van der Waals surface area (Å²) >= 11 is 5.59. The van der Waals surface area contributed by atoms with E-state index in [9.17, 15) is 0 Å². The number of aromatic nitrogens is 4. The van der Waals surface area contributed by atoms with Gasteiger partial charge in [-0.05, 0) is 0 Å². The second-order valence-corrected chi connectivity index (χ2v) is 2.39. The van der Waals surface area contributed by atoms with E-state index in [0.717, 1.165) is 0 Å². The van der Waals surface area contributed by atoms with Crippen LogP contribution in [0.1, 0.15) is 0 Å². The summed E-state index contributed by atoms with van der Waals surface area (Å²) in [6.07, 6.45) is 1.48. The van der Waals surface area contributed by atoms with Crippen LogP contribution in [0.4, 0.5) is 5.95 Å². The summed E-state index contributed by atoms with van der Waals surface area (Å²) in [6.45, 7) is 0. The third-order valence-electron chi connectivity index (χ3n) is 1.29. The highest BCUT2D eigenvalue weighted by Crippen LogP contribution is 2.08. The van der Waals surface area contributed by atoms with Crippen molar-refractivity contribution in [1.82, 2.24) is 19.6 Å². The molecule has 0 spiro atoms. The molecule has 0 unspecified atom stereocenters. The van der Waals surface area contributed by atoms with Crippen LogP contribution in [0.15, 0.2) is 12.4 Å². The van der Waals surface area contributed by atoms with Crippen LogP contribution in [-0.2, 0) is 0 Å². The van der Waals surface area contributed by atoms with Crippen LogP contribution in [0.2, 0.25) is 5.15 Å². The zero-order valence-corrected chi connectivity index (χ0v) is 6.15. The highest BCUT2D eigenvalue weighted by molar-refractivity contribution is 6.29. The normalized spacial score (nSPS) is 10.6. The van der Waals surface area contributed by atoms with Gasteiger partial charge in [-0.1, -0.05) is 11.6 Å². The number of anilines is 1. The van der Waals surface area contributed by atoms with Gasteiger partial charge in [-0.3, -0.25) is 4.40 Å². The van der Waals surface area contributed by atoms with Crippen LogP contribution in [0.3, 0.4) is 0 Å². The summed E-state index contributed by atoms with van der Waals surface area (Å²) in [5, 5.41) is 7.75. The fourth-order valence-corrected chi connectivity index (χ4v) is 0.931. The average molecular weight is 170 g/mol. The average Bonchev–Trinajstić information content (AvgIpc) is 2.32. The number of hydrogen-bond acceptors (Lipinski definition) is 4. The number of halogens is 1. The molecular weight excluding hydrogens is 166 g/mol. The lowest BCUT2D eigenvalue weighted by atomic mass is 10.6. The van der Waals surface area contributed by atoms with Gasteiger partial charge < -0.3 is 5.73 Å². The highest BCUT2D eigenvalue weighted by Gasteiger charge is 2.00. The Balaban J connectivity index is 2.86. The lowest BCUT2D eigenvalue weighted by molar-refractivity contribution is 1.09. The first kappa shape index (κ1) is 6.36. The van der Waals surface area contributed by atoms with Gasteiger partial charge >= 0.3 is 0 Å². The number of fused-ring (bicyclic) bond motifs is 1. The van der Waals surface area contributed by atoms with Crippen molar-refractivity contribution in [2.45, 2.75) is 0 Å². The maximum Gasteiger partial charge on any atom is 0.227 e. The number of nitrogen functional groups attached to an aromatic ring is 1. The van der Waals surface area contributed by atoms with Crippen LogP contribution in [-0.4, -0.2) is 19.6 Å². The van der Waals surface area contributed by atoms with Gasteiger partial charge in [-0.2, -0.15) is 0 Å². The minimum Gasteiger partial charge on any atom is -0.368 e. The molecule has 5 nitrogen and oxygen atoms in total. The molecule has 56 valence electrons. The SMILES string of the molecule is Nc1nnc2cc(Cl)ncn12. The van der Waals surface area contributed by atoms with E-state index in [4.69, 9.17) is 17.3 Å². The summed E-state index contributed by atoms with van der Waals surface area (Å²) in [5.74, 6) is 0.309. The van der Waals surface area contributed by atoms with Gasteiger partial charge in [0.1, 0.15) is 11.5 Å². The lowest BCUT2D eigenvalue weighted by Crippen LogP contribution is -1.94. The van der Waals surface area contributed by atoms with Crippen molar-refractivity contribution >= 4 is 23.2 Å². The summed E-state index contributed by atoms with van der Waals surface area (Å²) in [4.78, 5) is 3.81. The molecule has 2 aromatic heterocycles. The summed E-state index contributed by atoms with van der Waals surface area (Å²) < 4.78 is 1.55. The van der Waals surface area contributed by atoms with Crippen LogP contribution in [0.5, 0.6) is 0 Å². The second kappa shape index (κ2) is 2.06. The van der Waals surface area contributed by atoms with Gasteiger partial charge in [-0.15, -0.1) is 10.2 Å². The number of nitrogens with two attached hydrogens (primary N) is 1. The van der Waals surface area contributed by atoms with Gasteiger partial charge in [0.2, 0.25) is 5.95 Å². The molecule has 0 aromatic carbocycles. The van der Waals surface area contributed by atoms with E-state index in [1.165, 1.54) is 6.33 Å². The predicted octanol–water partition coefficient (Wildman–Crippen LogP) is 0.360. The molecule has 2 heterocycles. The fraction of sp³-hybridized carbons (Fsp3) is 0. The Bertz CT molecular complexity index is 395. The van der Waals surface area contributed by atoms with Crippen molar-refractivity contribution in [1.29, 1.82) is 0 Å². The zero-order valence-electron chi connectivity index (χ0n) is 5.40. The van der Waals surface area contributed by atoms with Crippen LogP contribution in [0.25, 0.3) is 5.65 Å². The van der Waals surface area contributed by atoms with Crippen LogP contribution >= 0.6 is 11.6 Å². The molecule has 2 rings (SSSR count). The molecular formula is C5H4ClN5. The van der Waals surface area contributed by atoms with E-state index in [2.05, 4.69) is 15.2 Å². The van der Waals surface area contributed by atoms with E-state index in [-0.39, 0.29) is 0 Å². The third kappa shape index (κ3) is 0.894. The van der Waals surface area contributed by atoms with Gasteiger partial charge in [0.05, 0.1) is 0 Å². The first-order chi connectivity index (χ1) is 5.27. The maximum absolute atomic E-state index is 5.59. The molecule has 0 saturated carbocycles. The highest BCUT2D eigenvalue weighted by atomic mass is 35.5. The zero-order chi connectivity index (χ0) is 7.84. The van der Waals surface area contributed by atoms with E-state index in [1.807, 2.05) is 0 Å². The quantitative estimate of drug-likeness (QED) is 0.579. The summed E-state index contributed by atoms with van der Waals surface area (Å²) in [7, 11) is 0. The standard InChI is InChI=1S/C5H4ClN5/c6-3-1-4-9-10-5(7)11(4)2-8-3/h1-2H,(H2,7,10). The Kier molecular flexibility index (Phi) is 1.19. The fourth-order valence-electron chi connectivity index (χ4n) is 0.790. The minimum absolute atomic E-state index is 0.309. The Labute approximate surface area is 66.8 Å². The van der Waals surface area contributed by atoms with Crippen molar-refractivity contribution < 1.29 is 0 Å². The predicted molar refractivity (Wildman–Crippen MR) is 40.2 cm³/mol. The summed E-state index contributed by atoms with van der Waals surface area (Å²) in [5.41, 5.74) is 6.03. The first-order valence-corrected chi connectivity index (χ1v) is 3.27. The molecule has 0 aliphatic rings. The van der Waals surface area contributed by atoms with Crippen molar-refractivity contribution in [3.8, 4) is 0 Å². The van der Waals surface area contributed by atoms with E-state index >= 15 is 0 Å². The van der Waals surface area contributed by atoms with E-state index in [1.54, 1.807) is 10.5 Å². The summed E-state index contributed by atoms with van der Waals surface area (Å²) in [6, 6.07) is 1.59. The molecule has 2 aromatic rings.